The first kappa shape index (κ1) is 17.5. The maximum atomic E-state index is 12.4. The summed E-state index contributed by atoms with van der Waals surface area (Å²) in [6.45, 7) is 2.31. The Hall–Kier alpha value is -0.810. The Morgan fingerprint density at radius 2 is 1.68 bits per heavy atom. The third-order valence-corrected chi connectivity index (χ3v) is 5.17. The van der Waals surface area contributed by atoms with Crippen molar-refractivity contribution >= 4 is 6.03 Å². The summed E-state index contributed by atoms with van der Waals surface area (Å²) >= 11 is 0. The number of nitrogens with zero attached hydrogens (tertiary/aromatic N) is 1. The zero-order valence-corrected chi connectivity index (χ0v) is 14.0. The lowest BCUT2D eigenvalue weighted by Gasteiger charge is -2.33. The van der Waals surface area contributed by atoms with E-state index < -0.39 is 6.10 Å². The number of aliphatic hydroxyl groups excluding tert-OH is 1. The lowest BCUT2D eigenvalue weighted by atomic mass is 9.89. The molecule has 1 saturated heterocycles. The van der Waals surface area contributed by atoms with E-state index in [-0.39, 0.29) is 12.1 Å². The van der Waals surface area contributed by atoms with Crippen LogP contribution in [0.15, 0.2) is 0 Å². The van der Waals surface area contributed by atoms with Crippen molar-refractivity contribution in [3.8, 4) is 0 Å². The molecule has 0 radical (unpaired) electrons. The van der Waals surface area contributed by atoms with Crippen LogP contribution in [0, 0.1) is 5.92 Å². The zero-order chi connectivity index (χ0) is 15.8. The van der Waals surface area contributed by atoms with Crippen LogP contribution in [0.4, 0.5) is 4.79 Å². The Bertz CT molecular complexity index is 324. The van der Waals surface area contributed by atoms with E-state index in [9.17, 15) is 9.90 Å². The van der Waals surface area contributed by atoms with Crippen LogP contribution in [-0.2, 0) is 0 Å². The molecule has 5 heteroatoms. The standard InChI is InChI=1S/C17H33N3O2/c1-18-13-15(16(21)14-9-5-2-3-6-10-14)19-17(22)20-11-7-4-8-12-20/h14-16,18,21H,2-13H2,1H3,(H,19,22)/t15-,16-/m1/s1. The number of hydrogen-bond acceptors (Lipinski definition) is 3. The van der Waals surface area contributed by atoms with E-state index in [1.807, 2.05) is 11.9 Å². The number of carbonyl (C=O) groups excluding carboxylic acids is 1. The second-order valence-electron chi connectivity index (χ2n) is 6.90. The van der Waals surface area contributed by atoms with Crippen LogP contribution in [0.3, 0.4) is 0 Å². The second kappa shape index (κ2) is 9.36. The molecule has 5 nitrogen and oxygen atoms in total. The topological polar surface area (TPSA) is 64.6 Å². The van der Waals surface area contributed by atoms with E-state index in [1.54, 1.807) is 0 Å². The van der Waals surface area contributed by atoms with Crippen LogP contribution < -0.4 is 10.6 Å². The van der Waals surface area contributed by atoms with E-state index >= 15 is 0 Å². The summed E-state index contributed by atoms with van der Waals surface area (Å²) in [5.74, 6) is 0.322. The van der Waals surface area contributed by atoms with Crippen molar-refractivity contribution in [3.63, 3.8) is 0 Å². The first-order valence-electron chi connectivity index (χ1n) is 9.10. The predicted octanol–water partition coefficient (Wildman–Crippen LogP) is 2.10. The summed E-state index contributed by atoms with van der Waals surface area (Å²) in [5.41, 5.74) is 0. The van der Waals surface area contributed by atoms with Crippen molar-refractivity contribution in [2.24, 2.45) is 5.92 Å². The maximum absolute atomic E-state index is 12.4. The van der Waals surface area contributed by atoms with Gasteiger partial charge in [0.25, 0.3) is 0 Å². The number of nitrogens with one attached hydrogen (secondary N) is 2. The van der Waals surface area contributed by atoms with Crippen LogP contribution in [0.1, 0.15) is 57.8 Å². The third kappa shape index (κ3) is 5.13. The third-order valence-electron chi connectivity index (χ3n) is 5.17. The zero-order valence-electron chi connectivity index (χ0n) is 14.0. The van der Waals surface area contributed by atoms with E-state index in [1.165, 1.54) is 32.1 Å². The molecule has 22 heavy (non-hydrogen) atoms. The quantitative estimate of drug-likeness (QED) is 0.681. The average Bonchev–Trinajstić information content (AvgIpc) is 2.84. The number of likely N-dealkylation sites (tertiary alicyclic amines) is 1. The van der Waals surface area contributed by atoms with Gasteiger partial charge in [0.05, 0.1) is 12.1 Å². The second-order valence-corrected chi connectivity index (χ2v) is 6.90. The fourth-order valence-corrected chi connectivity index (χ4v) is 3.80. The van der Waals surface area contributed by atoms with Gasteiger partial charge in [-0.15, -0.1) is 0 Å². The SMILES string of the molecule is CNC[C@@H](NC(=O)N1CCCCC1)[C@H](O)C1CCCCCC1. The molecule has 1 heterocycles. The highest BCUT2D eigenvalue weighted by Gasteiger charge is 2.30. The molecule has 0 spiro atoms. The molecule has 0 aromatic carbocycles. The number of urea groups is 1. The van der Waals surface area contributed by atoms with Crippen molar-refractivity contribution in [2.45, 2.75) is 69.9 Å². The maximum Gasteiger partial charge on any atom is 0.317 e. The van der Waals surface area contributed by atoms with Gasteiger partial charge in [-0.25, -0.2) is 4.79 Å². The summed E-state index contributed by atoms with van der Waals surface area (Å²) in [7, 11) is 1.87. The molecule has 2 aliphatic rings. The molecule has 0 aromatic heterocycles. The van der Waals surface area contributed by atoms with E-state index in [4.69, 9.17) is 0 Å². The lowest BCUT2D eigenvalue weighted by molar-refractivity contribution is 0.0611. The van der Waals surface area contributed by atoms with Gasteiger partial charge in [0.1, 0.15) is 0 Å². The Morgan fingerprint density at radius 1 is 1.09 bits per heavy atom. The molecule has 2 fully saturated rings. The van der Waals surface area contributed by atoms with Crippen molar-refractivity contribution in [2.75, 3.05) is 26.7 Å². The van der Waals surface area contributed by atoms with Crippen molar-refractivity contribution in [1.29, 1.82) is 0 Å². The molecule has 0 unspecified atom stereocenters. The van der Waals surface area contributed by atoms with Crippen LogP contribution >= 0.6 is 0 Å². The van der Waals surface area contributed by atoms with Gasteiger partial charge in [-0.1, -0.05) is 25.7 Å². The minimum absolute atomic E-state index is 0.00683. The summed E-state index contributed by atoms with van der Waals surface area (Å²) < 4.78 is 0. The summed E-state index contributed by atoms with van der Waals surface area (Å²) in [4.78, 5) is 14.3. The number of hydrogen-bond donors (Lipinski definition) is 3. The molecule has 3 N–H and O–H groups in total. The molecule has 2 atom stereocenters. The normalized spacial score (nSPS) is 23.6. The largest absolute Gasteiger partial charge is 0.391 e. The highest BCUT2D eigenvalue weighted by atomic mass is 16.3. The molecule has 0 bridgehead atoms. The molecule has 1 aliphatic heterocycles. The summed E-state index contributed by atoms with van der Waals surface area (Å²) in [6.07, 6.45) is 10.1. The van der Waals surface area contributed by atoms with E-state index in [0.717, 1.165) is 38.8 Å². The lowest BCUT2D eigenvalue weighted by Crippen LogP contribution is -2.55. The number of likely N-dealkylation sites (N-methyl/N-ethyl adjacent to an activating group) is 1. The number of amides is 2. The van der Waals surface area contributed by atoms with Gasteiger partial charge in [-0.2, -0.15) is 0 Å². The number of rotatable bonds is 5. The van der Waals surface area contributed by atoms with Crippen molar-refractivity contribution in [3.05, 3.63) is 0 Å². The summed E-state index contributed by atoms with van der Waals surface area (Å²) in [5, 5.41) is 17.0. The van der Waals surface area contributed by atoms with Crippen LogP contribution in [0.25, 0.3) is 0 Å². The summed E-state index contributed by atoms with van der Waals surface area (Å²) in [6, 6.07) is -0.199. The van der Waals surface area contributed by atoms with Gasteiger partial charge in [0, 0.05) is 19.6 Å². The minimum Gasteiger partial charge on any atom is -0.391 e. The smallest absolute Gasteiger partial charge is 0.317 e. The van der Waals surface area contributed by atoms with Crippen LogP contribution in [0.5, 0.6) is 0 Å². The predicted molar refractivity (Wildman–Crippen MR) is 88.9 cm³/mol. The molecular formula is C17H33N3O2. The molecule has 2 amide bonds. The Morgan fingerprint density at radius 3 is 2.27 bits per heavy atom. The fraction of sp³-hybridized carbons (Fsp3) is 0.941. The van der Waals surface area contributed by atoms with Gasteiger partial charge in [-0.3, -0.25) is 0 Å². The first-order chi connectivity index (χ1) is 10.7. The molecular weight excluding hydrogens is 278 g/mol. The van der Waals surface area contributed by atoms with Crippen LogP contribution in [0.2, 0.25) is 0 Å². The molecule has 1 aliphatic carbocycles. The highest BCUT2D eigenvalue weighted by molar-refractivity contribution is 5.74. The Kier molecular flexibility index (Phi) is 7.46. The first-order valence-corrected chi connectivity index (χ1v) is 9.10. The van der Waals surface area contributed by atoms with E-state index in [0.29, 0.717) is 12.5 Å². The number of aliphatic hydroxyl groups is 1. The van der Waals surface area contributed by atoms with Crippen molar-refractivity contribution < 1.29 is 9.90 Å². The highest BCUT2D eigenvalue weighted by Crippen LogP contribution is 2.27. The van der Waals surface area contributed by atoms with Crippen LogP contribution in [-0.4, -0.2) is 54.9 Å². The average molecular weight is 311 g/mol. The fourth-order valence-electron chi connectivity index (χ4n) is 3.80. The van der Waals surface area contributed by atoms with Crippen molar-refractivity contribution in [1.82, 2.24) is 15.5 Å². The van der Waals surface area contributed by atoms with Gasteiger partial charge in [0.2, 0.25) is 0 Å². The molecule has 128 valence electrons. The molecule has 2 rings (SSSR count). The van der Waals surface area contributed by atoms with Gasteiger partial charge < -0.3 is 20.6 Å². The minimum atomic E-state index is -0.445. The Balaban J connectivity index is 1.90. The number of carbonyl (C=O) groups is 1. The van der Waals surface area contributed by atoms with Gasteiger partial charge >= 0.3 is 6.03 Å². The van der Waals surface area contributed by atoms with Gasteiger partial charge in [-0.05, 0) is 45.1 Å². The monoisotopic (exact) mass is 311 g/mol. The van der Waals surface area contributed by atoms with E-state index in [2.05, 4.69) is 10.6 Å². The van der Waals surface area contributed by atoms with Gasteiger partial charge in [0.15, 0.2) is 0 Å². The molecule has 1 saturated carbocycles. The Labute approximate surface area is 134 Å². The molecule has 0 aromatic rings. The number of piperidine rings is 1.